The van der Waals surface area contributed by atoms with Gasteiger partial charge in [-0.05, 0) is 46.5 Å². The van der Waals surface area contributed by atoms with Crippen LogP contribution in [0.15, 0.2) is 18.3 Å². The van der Waals surface area contributed by atoms with Crippen LogP contribution in [-0.4, -0.2) is 48.5 Å². The standard InChI is InChI=1S/C15H26N4O/c1-6-8-16-13-10-12(7-9-17-13)14(20)18-11-15(2,3)19(4)5/h7,9-10H,6,8,11H2,1-5H3,(H,16,17)(H,18,20). The lowest BCUT2D eigenvalue weighted by Gasteiger charge is -2.32. The second-order valence-electron chi connectivity index (χ2n) is 5.75. The average Bonchev–Trinajstić information content (AvgIpc) is 2.42. The third kappa shape index (κ3) is 4.81. The predicted octanol–water partition coefficient (Wildman–Crippen LogP) is 1.97. The van der Waals surface area contributed by atoms with Crippen LogP contribution in [-0.2, 0) is 0 Å². The van der Waals surface area contributed by atoms with Gasteiger partial charge in [-0.25, -0.2) is 4.98 Å². The molecule has 0 aromatic carbocycles. The van der Waals surface area contributed by atoms with Crippen LogP contribution in [0.4, 0.5) is 5.82 Å². The summed E-state index contributed by atoms with van der Waals surface area (Å²) in [7, 11) is 4.01. The molecule has 0 fully saturated rings. The molecule has 0 bridgehead atoms. The number of hydrogen-bond donors (Lipinski definition) is 2. The number of carbonyl (C=O) groups is 1. The number of hydrogen-bond acceptors (Lipinski definition) is 4. The van der Waals surface area contributed by atoms with Crippen LogP contribution < -0.4 is 10.6 Å². The van der Waals surface area contributed by atoms with E-state index in [0.717, 1.165) is 18.8 Å². The van der Waals surface area contributed by atoms with Gasteiger partial charge in [0.25, 0.3) is 5.91 Å². The van der Waals surface area contributed by atoms with Gasteiger partial charge < -0.3 is 15.5 Å². The second kappa shape index (κ2) is 7.24. The number of carbonyl (C=O) groups excluding carboxylic acids is 1. The normalized spacial score (nSPS) is 11.5. The Bertz CT molecular complexity index is 443. The van der Waals surface area contributed by atoms with Gasteiger partial charge in [-0.2, -0.15) is 0 Å². The fraction of sp³-hybridized carbons (Fsp3) is 0.600. The van der Waals surface area contributed by atoms with E-state index in [4.69, 9.17) is 0 Å². The van der Waals surface area contributed by atoms with E-state index >= 15 is 0 Å². The molecule has 0 saturated heterocycles. The molecule has 0 aliphatic carbocycles. The first-order valence-corrected chi connectivity index (χ1v) is 7.02. The first-order valence-electron chi connectivity index (χ1n) is 7.02. The van der Waals surface area contributed by atoms with Crippen molar-refractivity contribution in [3.63, 3.8) is 0 Å². The Morgan fingerprint density at radius 1 is 1.40 bits per heavy atom. The van der Waals surface area contributed by atoms with E-state index in [2.05, 4.69) is 41.3 Å². The Morgan fingerprint density at radius 3 is 2.70 bits per heavy atom. The maximum absolute atomic E-state index is 12.2. The van der Waals surface area contributed by atoms with E-state index in [-0.39, 0.29) is 11.4 Å². The van der Waals surface area contributed by atoms with E-state index in [0.29, 0.717) is 12.1 Å². The highest BCUT2D eigenvalue weighted by atomic mass is 16.1. The minimum Gasteiger partial charge on any atom is -0.370 e. The summed E-state index contributed by atoms with van der Waals surface area (Å²) in [6.07, 6.45) is 2.68. The summed E-state index contributed by atoms with van der Waals surface area (Å²) in [5.41, 5.74) is 0.555. The average molecular weight is 278 g/mol. The monoisotopic (exact) mass is 278 g/mol. The molecule has 1 heterocycles. The van der Waals surface area contributed by atoms with E-state index in [1.165, 1.54) is 0 Å². The van der Waals surface area contributed by atoms with Crippen molar-refractivity contribution >= 4 is 11.7 Å². The van der Waals surface area contributed by atoms with E-state index < -0.39 is 0 Å². The summed E-state index contributed by atoms with van der Waals surface area (Å²) < 4.78 is 0. The zero-order valence-corrected chi connectivity index (χ0v) is 13.2. The number of pyridine rings is 1. The molecule has 1 aromatic heterocycles. The van der Waals surface area contributed by atoms with Crippen molar-refractivity contribution in [3.05, 3.63) is 23.9 Å². The lowest BCUT2D eigenvalue weighted by Crippen LogP contribution is -2.48. The summed E-state index contributed by atoms with van der Waals surface area (Å²) in [5, 5.41) is 6.15. The fourth-order valence-corrected chi connectivity index (χ4v) is 1.48. The molecule has 112 valence electrons. The van der Waals surface area contributed by atoms with Crippen LogP contribution in [0.3, 0.4) is 0 Å². The van der Waals surface area contributed by atoms with Crippen LogP contribution in [0.1, 0.15) is 37.6 Å². The number of rotatable bonds is 7. The maximum Gasteiger partial charge on any atom is 0.251 e. The summed E-state index contributed by atoms with van der Waals surface area (Å²) in [6.45, 7) is 7.72. The van der Waals surface area contributed by atoms with Crippen molar-refractivity contribution in [3.8, 4) is 0 Å². The maximum atomic E-state index is 12.2. The highest BCUT2D eigenvalue weighted by Crippen LogP contribution is 2.10. The van der Waals surface area contributed by atoms with Gasteiger partial charge in [-0.1, -0.05) is 6.92 Å². The zero-order valence-electron chi connectivity index (χ0n) is 13.2. The zero-order chi connectivity index (χ0) is 15.2. The van der Waals surface area contributed by atoms with Crippen LogP contribution in [0.5, 0.6) is 0 Å². The van der Waals surface area contributed by atoms with Crippen LogP contribution in [0.25, 0.3) is 0 Å². The minimum absolute atomic E-state index is 0.0677. The summed E-state index contributed by atoms with van der Waals surface area (Å²) in [6, 6.07) is 3.52. The van der Waals surface area contributed by atoms with Crippen molar-refractivity contribution in [1.29, 1.82) is 0 Å². The van der Waals surface area contributed by atoms with Gasteiger partial charge in [0.05, 0.1) is 0 Å². The molecule has 0 aliphatic rings. The first kappa shape index (κ1) is 16.4. The number of likely N-dealkylation sites (N-methyl/N-ethyl adjacent to an activating group) is 1. The first-order chi connectivity index (χ1) is 9.36. The van der Waals surface area contributed by atoms with E-state index in [9.17, 15) is 4.79 Å². The fourth-order valence-electron chi connectivity index (χ4n) is 1.48. The van der Waals surface area contributed by atoms with Crippen molar-refractivity contribution in [1.82, 2.24) is 15.2 Å². The molecule has 5 nitrogen and oxygen atoms in total. The molecule has 0 aliphatic heterocycles. The molecule has 1 rings (SSSR count). The third-order valence-electron chi connectivity index (χ3n) is 3.47. The van der Waals surface area contributed by atoms with Gasteiger partial charge in [0.15, 0.2) is 0 Å². The number of anilines is 1. The van der Waals surface area contributed by atoms with Crippen LogP contribution in [0, 0.1) is 0 Å². The van der Waals surface area contributed by atoms with Crippen molar-refractivity contribution in [2.45, 2.75) is 32.7 Å². The second-order valence-corrected chi connectivity index (χ2v) is 5.75. The lowest BCUT2D eigenvalue weighted by molar-refractivity contribution is 0.0919. The summed E-state index contributed by atoms with van der Waals surface area (Å²) in [4.78, 5) is 18.4. The van der Waals surface area contributed by atoms with Crippen molar-refractivity contribution in [2.75, 3.05) is 32.5 Å². The Balaban J connectivity index is 2.63. The van der Waals surface area contributed by atoms with Gasteiger partial charge in [-0.3, -0.25) is 4.79 Å². The SMILES string of the molecule is CCCNc1cc(C(=O)NCC(C)(C)N(C)C)ccn1. The highest BCUT2D eigenvalue weighted by Gasteiger charge is 2.21. The summed E-state index contributed by atoms with van der Waals surface area (Å²) in [5.74, 6) is 0.674. The predicted molar refractivity (Wildman–Crippen MR) is 83.1 cm³/mol. The van der Waals surface area contributed by atoms with Crippen LogP contribution >= 0.6 is 0 Å². The molecule has 0 saturated carbocycles. The molecule has 0 unspecified atom stereocenters. The van der Waals surface area contributed by atoms with E-state index in [1.54, 1.807) is 18.3 Å². The Morgan fingerprint density at radius 2 is 2.10 bits per heavy atom. The Labute approximate surface area is 121 Å². The number of aromatic nitrogens is 1. The number of amides is 1. The topological polar surface area (TPSA) is 57.3 Å². The molecule has 5 heteroatoms. The van der Waals surface area contributed by atoms with Gasteiger partial charge in [0.1, 0.15) is 5.82 Å². The van der Waals surface area contributed by atoms with Gasteiger partial charge in [0, 0.05) is 30.4 Å². The Hall–Kier alpha value is -1.62. The smallest absolute Gasteiger partial charge is 0.251 e. The number of nitrogens with one attached hydrogen (secondary N) is 2. The molecule has 0 spiro atoms. The van der Waals surface area contributed by atoms with Crippen molar-refractivity contribution in [2.24, 2.45) is 0 Å². The van der Waals surface area contributed by atoms with Gasteiger partial charge >= 0.3 is 0 Å². The molecule has 0 atom stereocenters. The largest absolute Gasteiger partial charge is 0.370 e. The van der Waals surface area contributed by atoms with Crippen LogP contribution in [0.2, 0.25) is 0 Å². The van der Waals surface area contributed by atoms with E-state index in [1.807, 2.05) is 14.1 Å². The van der Waals surface area contributed by atoms with Gasteiger partial charge in [-0.15, -0.1) is 0 Å². The molecule has 1 aromatic rings. The molecule has 0 radical (unpaired) electrons. The molecule has 2 N–H and O–H groups in total. The quantitative estimate of drug-likeness (QED) is 0.800. The highest BCUT2D eigenvalue weighted by molar-refractivity contribution is 5.94. The molecule has 20 heavy (non-hydrogen) atoms. The molecular weight excluding hydrogens is 252 g/mol. The van der Waals surface area contributed by atoms with Gasteiger partial charge in [0.2, 0.25) is 0 Å². The third-order valence-corrected chi connectivity index (χ3v) is 3.47. The molecular formula is C15H26N4O. The minimum atomic E-state index is -0.0774. The lowest BCUT2D eigenvalue weighted by atomic mass is 10.0. The number of nitrogens with zero attached hydrogens (tertiary/aromatic N) is 2. The van der Waals surface area contributed by atoms with Crippen molar-refractivity contribution < 1.29 is 4.79 Å². The molecule has 1 amide bonds. The Kier molecular flexibility index (Phi) is 5.95. The summed E-state index contributed by atoms with van der Waals surface area (Å²) >= 11 is 0.